The van der Waals surface area contributed by atoms with Crippen LogP contribution in [0.15, 0.2) is 53.5 Å². The summed E-state index contributed by atoms with van der Waals surface area (Å²) in [4.78, 5) is 16.3. The minimum Gasteiger partial charge on any atom is -0.497 e. The van der Waals surface area contributed by atoms with Crippen LogP contribution in [0, 0.1) is 0 Å². The largest absolute Gasteiger partial charge is 0.497 e. The topological polar surface area (TPSA) is 84.0 Å². The molecule has 0 aliphatic heterocycles. The summed E-state index contributed by atoms with van der Waals surface area (Å²) in [7, 11) is 3.29. The van der Waals surface area contributed by atoms with Crippen molar-refractivity contribution in [2.75, 3.05) is 20.7 Å². The van der Waals surface area contributed by atoms with E-state index in [0.29, 0.717) is 19.0 Å². The second-order valence-electron chi connectivity index (χ2n) is 7.73. The van der Waals surface area contributed by atoms with Gasteiger partial charge in [-0.1, -0.05) is 30.3 Å². The second kappa shape index (κ2) is 11.1. The van der Waals surface area contributed by atoms with Crippen molar-refractivity contribution in [2.24, 2.45) is 4.99 Å². The second-order valence-corrected chi connectivity index (χ2v) is 7.73. The molecule has 0 bridgehead atoms. The number of carbonyl (C=O) groups is 1. The van der Waals surface area contributed by atoms with Crippen molar-refractivity contribution in [3.63, 3.8) is 0 Å². The summed E-state index contributed by atoms with van der Waals surface area (Å²) in [5.74, 6) is 2.03. The molecule has 1 amide bonds. The summed E-state index contributed by atoms with van der Waals surface area (Å²) >= 11 is 0. The minimum absolute atomic E-state index is 0.120. The van der Waals surface area contributed by atoms with Crippen molar-refractivity contribution in [2.45, 2.75) is 39.5 Å². The number of nitrogens with one attached hydrogen (secondary N) is 3. The average Bonchev–Trinajstić information content (AvgIpc) is 2.72. The predicted octanol–water partition coefficient (Wildman–Crippen LogP) is 2.85. The van der Waals surface area contributed by atoms with Crippen LogP contribution in [0.3, 0.4) is 0 Å². The lowest BCUT2D eigenvalue weighted by atomic mass is 10.1. The Kier molecular flexibility index (Phi) is 8.53. The third kappa shape index (κ3) is 8.03. The van der Waals surface area contributed by atoms with E-state index in [9.17, 15) is 4.79 Å². The number of para-hydroxylation sites is 1. The highest BCUT2D eigenvalue weighted by Gasteiger charge is 2.14. The van der Waals surface area contributed by atoms with E-state index >= 15 is 0 Å². The van der Waals surface area contributed by atoms with Crippen molar-refractivity contribution in [1.82, 2.24) is 16.0 Å². The van der Waals surface area contributed by atoms with Crippen LogP contribution in [0.2, 0.25) is 0 Å². The molecule has 0 unspecified atom stereocenters. The van der Waals surface area contributed by atoms with Gasteiger partial charge in [0.2, 0.25) is 5.91 Å². The summed E-state index contributed by atoms with van der Waals surface area (Å²) in [5, 5.41) is 9.13. The zero-order valence-electron chi connectivity index (χ0n) is 18.4. The van der Waals surface area contributed by atoms with Crippen LogP contribution in [0.1, 0.15) is 31.9 Å². The number of carbonyl (C=O) groups excluding carboxylic acids is 1. The molecule has 3 N–H and O–H groups in total. The average molecular weight is 413 g/mol. The normalized spacial score (nSPS) is 11.6. The van der Waals surface area contributed by atoms with Crippen molar-refractivity contribution >= 4 is 11.9 Å². The van der Waals surface area contributed by atoms with Gasteiger partial charge in [0.1, 0.15) is 17.1 Å². The van der Waals surface area contributed by atoms with Crippen LogP contribution < -0.4 is 25.4 Å². The highest BCUT2D eigenvalue weighted by Crippen LogP contribution is 2.22. The predicted molar refractivity (Wildman–Crippen MR) is 120 cm³/mol. The molecule has 0 saturated heterocycles. The first-order valence-corrected chi connectivity index (χ1v) is 9.92. The number of methoxy groups -OCH3 is 1. The fourth-order valence-electron chi connectivity index (χ4n) is 2.65. The number of hydrogen-bond donors (Lipinski definition) is 3. The fourth-order valence-corrected chi connectivity index (χ4v) is 2.65. The SMILES string of the molecule is CN=C(NCC(=O)NCc1ccc(OC)cc1)NCc1ccccc1OC(C)(C)C. The Morgan fingerprint density at radius 3 is 2.30 bits per heavy atom. The Hall–Kier alpha value is -3.22. The van der Waals surface area contributed by atoms with E-state index < -0.39 is 0 Å². The summed E-state index contributed by atoms with van der Waals surface area (Å²) in [5.41, 5.74) is 1.74. The monoisotopic (exact) mass is 412 g/mol. The number of aliphatic imine (C=N–C) groups is 1. The third-order valence-electron chi connectivity index (χ3n) is 4.12. The first kappa shape index (κ1) is 23.1. The van der Waals surface area contributed by atoms with Gasteiger partial charge in [-0.25, -0.2) is 0 Å². The van der Waals surface area contributed by atoms with Crippen LogP contribution in [0.5, 0.6) is 11.5 Å². The number of guanidine groups is 1. The Morgan fingerprint density at radius 1 is 0.967 bits per heavy atom. The quantitative estimate of drug-likeness (QED) is 0.459. The minimum atomic E-state index is -0.280. The standard InChI is InChI=1S/C23H32N4O3/c1-23(2,3)30-20-9-7-6-8-18(20)15-26-22(24-4)27-16-21(28)25-14-17-10-12-19(29-5)13-11-17/h6-13H,14-16H2,1-5H3,(H,25,28)(H2,24,26,27). The lowest BCUT2D eigenvalue weighted by molar-refractivity contribution is -0.120. The van der Waals surface area contributed by atoms with Gasteiger partial charge in [0.05, 0.1) is 13.7 Å². The van der Waals surface area contributed by atoms with E-state index in [1.54, 1.807) is 14.2 Å². The molecule has 162 valence electrons. The molecule has 0 saturated carbocycles. The van der Waals surface area contributed by atoms with E-state index in [-0.39, 0.29) is 18.1 Å². The first-order chi connectivity index (χ1) is 14.3. The Balaban J connectivity index is 1.80. The van der Waals surface area contributed by atoms with Crippen LogP contribution in [0.4, 0.5) is 0 Å². The van der Waals surface area contributed by atoms with Gasteiger partial charge in [-0.3, -0.25) is 9.79 Å². The van der Waals surface area contributed by atoms with Gasteiger partial charge >= 0.3 is 0 Å². The summed E-state index contributed by atoms with van der Waals surface area (Å²) in [6, 6.07) is 15.4. The van der Waals surface area contributed by atoms with Crippen molar-refractivity contribution in [1.29, 1.82) is 0 Å². The van der Waals surface area contributed by atoms with Gasteiger partial charge in [0, 0.05) is 25.7 Å². The van der Waals surface area contributed by atoms with Gasteiger partial charge in [-0.05, 0) is 44.5 Å². The molecule has 0 atom stereocenters. The summed E-state index contributed by atoms with van der Waals surface area (Å²) in [6.07, 6.45) is 0. The van der Waals surface area contributed by atoms with E-state index in [2.05, 4.69) is 20.9 Å². The van der Waals surface area contributed by atoms with Crippen molar-refractivity contribution in [3.8, 4) is 11.5 Å². The number of benzene rings is 2. The third-order valence-corrected chi connectivity index (χ3v) is 4.12. The molecular formula is C23H32N4O3. The molecule has 0 fully saturated rings. The zero-order valence-corrected chi connectivity index (χ0v) is 18.4. The van der Waals surface area contributed by atoms with E-state index in [1.165, 1.54) is 0 Å². The van der Waals surface area contributed by atoms with Gasteiger partial charge in [0.25, 0.3) is 0 Å². The van der Waals surface area contributed by atoms with Crippen LogP contribution in [-0.4, -0.2) is 38.2 Å². The van der Waals surface area contributed by atoms with Crippen molar-refractivity contribution in [3.05, 3.63) is 59.7 Å². The molecule has 30 heavy (non-hydrogen) atoms. The van der Waals surface area contributed by atoms with E-state index in [4.69, 9.17) is 9.47 Å². The molecule has 7 nitrogen and oxygen atoms in total. The molecule has 7 heteroatoms. The van der Waals surface area contributed by atoms with Gasteiger partial charge in [0.15, 0.2) is 5.96 Å². The maximum atomic E-state index is 12.1. The molecule has 2 rings (SSSR count). The van der Waals surface area contributed by atoms with Crippen molar-refractivity contribution < 1.29 is 14.3 Å². The highest BCUT2D eigenvalue weighted by molar-refractivity contribution is 5.86. The molecule has 0 spiro atoms. The lowest BCUT2D eigenvalue weighted by Crippen LogP contribution is -2.42. The van der Waals surface area contributed by atoms with Gasteiger partial charge in [-0.15, -0.1) is 0 Å². The first-order valence-electron chi connectivity index (χ1n) is 9.92. The van der Waals surface area contributed by atoms with Crippen LogP contribution in [-0.2, 0) is 17.9 Å². The molecule has 0 heterocycles. The van der Waals surface area contributed by atoms with E-state index in [1.807, 2.05) is 69.3 Å². The maximum Gasteiger partial charge on any atom is 0.239 e. The molecule has 0 aliphatic carbocycles. The molecule has 0 aromatic heterocycles. The number of hydrogen-bond acceptors (Lipinski definition) is 4. The molecule has 0 aliphatic rings. The Morgan fingerprint density at radius 2 is 1.67 bits per heavy atom. The van der Waals surface area contributed by atoms with Crippen LogP contribution >= 0.6 is 0 Å². The molecule has 2 aromatic rings. The molecule has 0 radical (unpaired) electrons. The highest BCUT2D eigenvalue weighted by atomic mass is 16.5. The fraction of sp³-hybridized carbons (Fsp3) is 0.391. The number of rotatable bonds is 8. The summed E-state index contributed by atoms with van der Waals surface area (Å²) in [6.45, 7) is 7.15. The molecular weight excluding hydrogens is 380 g/mol. The van der Waals surface area contributed by atoms with E-state index in [0.717, 1.165) is 22.6 Å². The summed E-state index contributed by atoms with van der Waals surface area (Å²) < 4.78 is 11.1. The zero-order chi connectivity index (χ0) is 22.0. The molecule has 2 aromatic carbocycles. The van der Waals surface area contributed by atoms with Crippen LogP contribution in [0.25, 0.3) is 0 Å². The maximum absolute atomic E-state index is 12.1. The van der Waals surface area contributed by atoms with Gasteiger partial charge in [-0.2, -0.15) is 0 Å². The van der Waals surface area contributed by atoms with Gasteiger partial charge < -0.3 is 25.4 Å². The Labute approximate surface area is 178 Å². The number of ether oxygens (including phenoxy) is 2. The number of amides is 1. The Bertz CT molecular complexity index is 842. The smallest absolute Gasteiger partial charge is 0.239 e. The number of nitrogens with zero attached hydrogens (tertiary/aromatic N) is 1. The lowest BCUT2D eigenvalue weighted by Gasteiger charge is -2.23.